The molecular formula is C16H27N5. The van der Waals surface area contributed by atoms with Crippen molar-refractivity contribution < 1.29 is 0 Å². The number of aromatic nitrogens is 3. The molecule has 0 bridgehead atoms. The highest BCUT2D eigenvalue weighted by Gasteiger charge is 2.24. The van der Waals surface area contributed by atoms with Gasteiger partial charge in [0.2, 0.25) is 0 Å². The molecule has 0 amide bonds. The van der Waals surface area contributed by atoms with Crippen LogP contribution in [0.25, 0.3) is 5.52 Å². The van der Waals surface area contributed by atoms with Gasteiger partial charge in [0.25, 0.3) is 0 Å². The maximum Gasteiger partial charge on any atom is 0.152 e. The fourth-order valence-corrected chi connectivity index (χ4v) is 2.49. The third-order valence-corrected chi connectivity index (χ3v) is 4.56. The molecule has 0 aliphatic rings. The monoisotopic (exact) mass is 289 g/mol. The fourth-order valence-electron chi connectivity index (χ4n) is 2.49. The van der Waals surface area contributed by atoms with Crippen LogP contribution < -0.4 is 11.1 Å². The number of nitrogens with two attached hydrogens (primary N) is 1. The standard InChI is InChI=1S/C16H27N5/c1-5-16(6-2,10-17)11-19-15-14-9-13(12(3)4)20-21(14)8-7-18-15/h7-9,12H,5-6,10-11,17H2,1-4H3,(H,18,19). The van der Waals surface area contributed by atoms with Gasteiger partial charge in [-0.15, -0.1) is 0 Å². The summed E-state index contributed by atoms with van der Waals surface area (Å²) in [6, 6.07) is 2.11. The molecule has 2 aromatic heterocycles. The number of hydrogen-bond acceptors (Lipinski definition) is 4. The van der Waals surface area contributed by atoms with Gasteiger partial charge in [-0.05, 0) is 36.8 Å². The van der Waals surface area contributed by atoms with Crippen LogP contribution in [0.5, 0.6) is 0 Å². The lowest BCUT2D eigenvalue weighted by atomic mass is 9.82. The summed E-state index contributed by atoms with van der Waals surface area (Å²) in [7, 11) is 0. The van der Waals surface area contributed by atoms with Crippen LogP contribution in [0.3, 0.4) is 0 Å². The van der Waals surface area contributed by atoms with Crippen molar-refractivity contribution in [2.75, 3.05) is 18.4 Å². The van der Waals surface area contributed by atoms with Crippen molar-refractivity contribution in [1.82, 2.24) is 14.6 Å². The molecule has 116 valence electrons. The molecule has 0 spiro atoms. The molecule has 0 saturated heterocycles. The Balaban J connectivity index is 2.26. The van der Waals surface area contributed by atoms with Gasteiger partial charge in [-0.3, -0.25) is 0 Å². The first-order valence-corrected chi connectivity index (χ1v) is 7.83. The normalized spacial score (nSPS) is 12.3. The van der Waals surface area contributed by atoms with E-state index in [1.807, 2.05) is 10.7 Å². The Morgan fingerprint density at radius 3 is 2.62 bits per heavy atom. The first-order valence-electron chi connectivity index (χ1n) is 7.83. The molecule has 5 heteroatoms. The number of nitrogens with zero attached hydrogens (tertiary/aromatic N) is 3. The fraction of sp³-hybridized carbons (Fsp3) is 0.625. The van der Waals surface area contributed by atoms with Crippen molar-refractivity contribution in [3.05, 3.63) is 24.2 Å². The molecule has 3 N–H and O–H groups in total. The van der Waals surface area contributed by atoms with Gasteiger partial charge in [0.05, 0.1) is 5.69 Å². The molecular weight excluding hydrogens is 262 g/mol. The minimum Gasteiger partial charge on any atom is -0.368 e. The van der Waals surface area contributed by atoms with E-state index in [1.165, 1.54) is 0 Å². The van der Waals surface area contributed by atoms with E-state index in [1.54, 1.807) is 6.20 Å². The minimum atomic E-state index is 0.134. The van der Waals surface area contributed by atoms with Gasteiger partial charge < -0.3 is 11.1 Å². The highest BCUT2D eigenvalue weighted by atomic mass is 15.2. The van der Waals surface area contributed by atoms with E-state index in [4.69, 9.17) is 5.73 Å². The predicted molar refractivity (Wildman–Crippen MR) is 87.6 cm³/mol. The zero-order valence-electron chi connectivity index (χ0n) is 13.6. The molecule has 0 aromatic carbocycles. The second kappa shape index (κ2) is 6.43. The number of anilines is 1. The number of fused-ring (bicyclic) bond motifs is 1. The Hall–Kier alpha value is -1.62. The van der Waals surface area contributed by atoms with Crippen LogP contribution in [-0.2, 0) is 0 Å². The van der Waals surface area contributed by atoms with E-state index >= 15 is 0 Å². The Bertz CT molecular complexity index is 575. The van der Waals surface area contributed by atoms with Crippen molar-refractivity contribution in [2.24, 2.45) is 11.1 Å². The summed E-state index contributed by atoms with van der Waals surface area (Å²) in [5, 5.41) is 8.07. The third kappa shape index (κ3) is 3.18. The van der Waals surface area contributed by atoms with Crippen molar-refractivity contribution in [1.29, 1.82) is 0 Å². The SMILES string of the molecule is CCC(CC)(CN)CNc1nccn2nc(C(C)C)cc12. The van der Waals surface area contributed by atoms with Crippen LogP contribution in [0.15, 0.2) is 18.5 Å². The molecule has 0 aliphatic heterocycles. The van der Waals surface area contributed by atoms with E-state index in [2.05, 4.69) is 49.2 Å². The summed E-state index contributed by atoms with van der Waals surface area (Å²) in [6.07, 6.45) is 5.80. The van der Waals surface area contributed by atoms with Crippen molar-refractivity contribution in [3.63, 3.8) is 0 Å². The highest BCUT2D eigenvalue weighted by Crippen LogP contribution is 2.26. The van der Waals surface area contributed by atoms with Crippen LogP contribution in [0.4, 0.5) is 5.82 Å². The molecule has 2 rings (SSSR count). The second-order valence-corrected chi connectivity index (χ2v) is 6.09. The van der Waals surface area contributed by atoms with Gasteiger partial charge in [-0.1, -0.05) is 27.7 Å². The van der Waals surface area contributed by atoms with Gasteiger partial charge in [-0.2, -0.15) is 5.10 Å². The molecule has 0 aliphatic carbocycles. The van der Waals surface area contributed by atoms with Crippen LogP contribution >= 0.6 is 0 Å². The largest absolute Gasteiger partial charge is 0.368 e. The Labute approximate surface area is 126 Å². The number of hydrogen-bond donors (Lipinski definition) is 2. The molecule has 0 unspecified atom stereocenters. The molecule has 5 nitrogen and oxygen atoms in total. The van der Waals surface area contributed by atoms with E-state index < -0.39 is 0 Å². The average Bonchev–Trinajstić information content (AvgIpc) is 2.94. The van der Waals surface area contributed by atoms with Gasteiger partial charge in [0.1, 0.15) is 5.52 Å². The van der Waals surface area contributed by atoms with Crippen LogP contribution in [0.2, 0.25) is 0 Å². The number of rotatable bonds is 7. The highest BCUT2D eigenvalue weighted by molar-refractivity contribution is 5.68. The van der Waals surface area contributed by atoms with Crippen molar-refractivity contribution in [3.8, 4) is 0 Å². The van der Waals surface area contributed by atoms with Gasteiger partial charge in [-0.25, -0.2) is 9.50 Å². The first-order chi connectivity index (χ1) is 10.0. The van der Waals surface area contributed by atoms with E-state index in [9.17, 15) is 0 Å². The summed E-state index contributed by atoms with van der Waals surface area (Å²) in [5.41, 5.74) is 8.22. The van der Waals surface area contributed by atoms with Gasteiger partial charge in [0.15, 0.2) is 5.82 Å². The minimum absolute atomic E-state index is 0.134. The number of nitrogens with one attached hydrogen (secondary N) is 1. The van der Waals surface area contributed by atoms with E-state index in [0.29, 0.717) is 12.5 Å². The molecule has 21 heavy (non-hydrogen) atoms. The van der Waals surface area contributed by atoms with Gasteiger partial charge >= 0.3 is 0 Å². The molecule has 0 fully saturated rings. The molecule has 2 heterocycles. The zero-order chi connectivity index (χ0) is 15.5. The van der Waals surface area contributed by atoms with Crippen LogP contribution in [-0.4, -0.2) is 27.7 Å². The maximum absolute atomic E-state index is 5.97. The second-order valence-electron chi connectivity index (χ2n) is 6.09. The lowest BCUT2D eigenvalue weighted by Gasteiger charge is -2.30. The van der Waals surface area contributed by atoms with Gasteiger partial charge in [0, 0.05) is 18.9 Å². The molecule has 0 atom stereocenters. The third-order valence-electron chi connectivity index (χ3n) is 4.56. The molecule has 2 aromatic rings. The lowest BCUT2D eigenvalue weighted by molar-refractivity contribution is 0.294. The van der Waals surface area contributed by atoms with E-state index in [-0.39, 0.29) is 5.41 Å². The summed E-state index contributed by atoms with van der Waals surface area (Å²) >= 11 is 0. The zero-order valence-corrected chi connectivity index (χ0v) is 13.6. The van der Waals surface area contributed by atoms with Crippen LogP contribution in [0.1, 0.15) is 52.1 Å². The first kappa shape index (κ1) is 15.8. The van der Waals surface area contributed by atoms with E-state index in [0.717, 1.165) is 36.4 Å². The Morgan fingerprint density at radius 1 is 1.33 bits per heavy atom. The Morgan fingerprint density at radius 2 is 2.05 bits per heavy atom. The summed E-state index contributed by atoms with van der Waals surface area (Å²) in [5.74, 6) is 1.30. The quantitative estimate of drug-likeness (QED) is 0.822. The van der Waals surface area contributed by atoms with Crippen LogP contribution in [0, 0.1) is 5.41 Å². The average molecular weight is 289 g/mol. The molecule has 0 saturated carbocycles. The summed E-state index contributed by atoms with van der Waals surface area (Å²) < 4.78 is 1.90. The predicted octanol–water partition coefficient (Wildman–Crippen LogP) is 3.03. The lowest BCUT2D eigenvalue weighted by Crippen LogP contribution is -2.36. The summed E-state index contributed by atoms with van der Waals surface area (Å²) in [4.78, 5) is 4.47. The van der Waals surface area contributed by atoms with Crippen molar-refractivity contribution >= 4 is 11.3 Å². The smallest absolute Gasteiger partial charge is 0.152 e. The van der Waals surface area contributed by atoms with Crippen molar-refractivity contribution in [2.45, 2.75) is 46.5 Å². The summed E-state index contributed by atoms with van der Waals surface area (Å²) in [6.45, 7) is 10.2. The topological polar surface area (TPSA) is 68.2 Å². The Kier molecular flexibility index (Phi) is 4.83. The molecule has 0 radical (unpaired) electrons. The maximum atomic E-state index is 5.97.